The molecule has 0 radical (unpaired) electrons. The molecule has 0 aliphatic heterocycles. The molecule has 1 N–H and O–H groups in total. The van der Waals surface area contributed by atoms with Gasteiger partial charge in [0.2, 0.25) is 4.96 Å². The molecule has 96 valence electrons. The highest BCUT2D eigenvalue weighted by Gasteiger charge is 2.18. The predicted molar refractivity (Wildman–Crippen MR) is 75.7 cm³/mol. The van der Waals surface area contributed by atoms with E-state index in [0.29, 0.717) is 16.5 Å². The van der Waals surface area contributed by atoms with Crippen LogP contribution in [0.3, 0.4) is 0 Å². The number of thiazole rings is 1. The standard InChI is InChI=1S/C12H8BrN3O2S/c1-6-9(11(17)18)19-12-14-10(15-16(6)12)7-2-4-8(13)5-3-7/h2-5H,1H3,(H,17,18). The number of carboxylic acids is 1. The van der Waals surface area contributed by atoms with E-state index in [1.807, 2.05) is 24.3 Å². The van der Waals surface area contributed by atoms with Gasteiger partial charge in [0.1, 0.15) is 4.88 Å². The number of aryl methyl sites for hydroxylation is 1. The second kappa shape index (κ2) is 4.43. The van der Waals surface area contributed by atoms with Crippen LogP contribution in [-0.2, 0) is 0 Å². The van der Waals surface area contributed by atoms with Crippen molar-refractivity contribution >= 4 is 38.2 Å². The lowest BCUT2D eigenvalue weighted by Gasteiger charge is -1.95. The first-order chi connectivity index (χ1) is 9.06. The molecule has 3 aromatic rings. The molecule has 2 aromatic heterocycles. The summed E-state index contributed by atoms with van der Waals surface area (Å²) in [5.41, 5.74) is 1.50. The molecule has 0 saturated carbocycles. The third-order valence-electron chi connectivity index (χ3n) is 2.71. The highest BCUT2D eigenvalue weighted by Crippen LogP contribution is 2.25. The Labute approximate surface area is 120 Å². The fourth-order valence-electron chi connectivity index (χ4n) is 1.76. The highest BCUT2D eigenvalue weighted by atomic mass is 79.9. The lowest BCUT2D eigenvalue weighted by molar-refractivity contribution is 0.0701. The summed E-state index contributed by atoms with van der Waals surface area (Å²) in [7, 11) is 0. The summed E-state index contributed by atoms with van der Waals surface area (Å²) in [6.45, 7) is 1.73. The number of hydrogen-bond donors (Lipinski definition) is 1. The largest absolute Gasteiger partial charge is 0.477 e. The van der Waals surface area contributed by atoms with Crippen molar-refractivity contribution < 1.29 is 9.90 Å². The predicted octanol–water partition coefficient (Wildman–Crippen LogP) is 3.23. The Kier molecular flexibility index (Phi) is 2.87. The Morgan fingerprint density at radius 3 is 2.63 bits per heavy atom. The maximum atomic E-state index is 11.0. The van der Waals surface area contributed by atoms with Gasteiger partial charge in [-0.15, -0.1) is 5.10 Å². The van der Waals surface area contributed by atoms with Crippen molar-refractivity contribution in [2.24, 2.45) is 0 Å². The van der Waals surface area contributed by atoms with E-state index >= 15 is 0 Å². The first kappa shape index (κ1) is 12.3. The average molecular weight is 338 g/mol. The van der Waals surface area contributed by atoms with Gasteiger partial charge in [-0.05, 0) is 19.1 Å². The zero-order chi connectivity index (χ0) is 13.6. The number of nitrogens with zero attached hydrogens (tertiary/aromatic N) is 3. The first-order valence-corrected chi connectivity index (χ1v) is 7.02. The minimum Gasteiger partial charge on any atom is -0.477 e. The Morgan fingerprint density at radius 2 is 2.05 bits per heavy atom. The van der Waals surface area contributed by atoms with Gasteiger partial charge in [-0.1, -0.05) is 39.4 Å². The molecule has 3 rings (SSSR count). The van der Waals surface area contributed by atoms with Gasteiger partial charge in [0.25, 0.3) is 0 Å². The number of aromatic nitrogens is 3. The molecular weight excluding hydrogens is 330 g/mol. The highest BCUT2D eigenvalue weighted by molar-refractivity contribution is 9.10. The zero-order valence-electron chi connectivity index (χ0n) is 9.79. The molecule has 0 amide bonds. The van der Waals surface area contributed by atoms with Crippen LogP contribution in [0.1, 0.15) is 15.4 Å². The van der Waals surface area contributed by atoms with E-state index in [0.717, 1.165) is 21.4 Å². The lowest BCUT2D eigenvalue weighted by atomic mass is 10.2. The fourth-order valence-corrected chi connectivity index (χ4v) is 2.93. The van der Waals surface area contributed by atoms with Crippen LogP contribution in [0.4, 0.5) is 0 Å². The van der Waals surface area contributed by atoms with Crippen molar-refractivity contribution in [3.8, 4) is 11.4 Å². The number of rotatable bonds is 2. The number of carbonyl (C=O) groups is 1. The van der Waals surface area contributed by atoms with Crippen LogP contribution in [0.25, 0.3) is 16.3 Å². The molecule has 0 saturated heterocycles. The van der Waals surface area contributed by atoms with E-state index in [2.05, 4.69) is 26.0 Å². The number of halogens is 1. The summed E-state index contributed by atoms with van der Waals surface area (Å²) in [4.78, 5) is 16.3. The number of fused-ring (bicyclic) bond motifs is 1. The van der Waals surface area contributed by atoms with Gasteiger partial charge in [-0.2, -0.15) is 4.98 Å². The Bertz CT molecular complexity index is 776. The summed E-state index contributed by atoms with van der Waals surface area (Å²) < 4.78 is 2.56. The number of benzene rings is 1. The van der Waals surface area contributed by atoms with Gasteiger partial charge in [0, 0.05) is 10.0 Å². The van der Waals surface area contributed by atoms with Gasteiger partial charge >= 0.3 is 5.97 Å². The van der Waals surface area contributed by atoms with Crippen LogP contribution in [0, 0.1) is 6.92 Å². The smallest absolute Gasteiger partial charge is 0.347 e. The summed E-state index contributed by atoms with van der Waals surface area (Å²) in [6.07, 6.45) is 0. The maximum absolute atomic E-state index is 11.0. The Balaban J connectivity index is 2.13. The molecule has 0 aliphatic rings. The fraction of sp³-hybridized carbons (Fsp3) is 0.0833. The van der Waals surface area contributed by atoms with Gasteiger partial charge in [0.05, 0.1) is 5.69 Å². The second-order valence-corrected chi connectivity index (χ2v) is 5.85. The first-order valence-electron chi connectivity index (χ1n) is 5.41. The third kappa shape index (κ3) is 2.04. The molecule has 2 heterocycles. The van der Waals surface area contributed by atoms with Crippen LogP contribution in [0.5, 0.6) is 0 Å². The van der Waals surface area contributed by atoms with E-state index in [4.69, 9.17) is 5.11 Å². The molecule has 0 unspecified atom stereocenters. The number of aromatic carboxylic acids is 1. The minimum atomic E-state index is -0.944. The van der Waals surface area contributed by atoms with Crippen LogP contribution < -0.4 is 0 Å². The number of carboxylic acid groups (broad SMARTS) is 1. The van der Waals surface area contributed by atoms with Crippen molar-refractivity contribution in [3.63, 3.8) is 0 Å². The second-order valence-electron chi connectivity index (χ2n) is 3.96. The molecule has 0 bridgehead atoms. The van der Waals surface area contributed by atoms with Gasteiger partial charge in [0.15, 0.2) is 5.82 Å². The molecule has 0 aliphatic carbocycles. The SMILES string of the molecule is Cc1c(C(=O)O)sc2nc(-c3ccc(Br)cc3)nn12. The molecule has 19 heavy (non-hydrogen) atoms. The molecule has 7 heteroatoms. The quantitative estimate of drug-likeness (QED) is 0.779. The molecule has 0 spiro atoms. The normalized spacial score (nSPS) is 11.1. The van der Waals surface area contributed by atoms with E-state index in [1.165, 1.54) is 0 Å². The van der Waals surface area contributed by atoms with E-state index < -0.39 is 5.97 Å². The van der Waals surface area contributed by atoms with E-state index in [9.17, 15) is 4.79 Å². The molecule has 1 aromatic carbocycles. The molecule has 0 atom stereocenters. The Hall–Kier alpha value is -1.73. The average Bonchev–Trinajstić information content (AvgIpc) is 2.90. The van der Waals surface area contributed by atoms with Gasteiger partial charge in [-0.25, -0.2) is 9.31 Å². The van der Waals surface area contributed by atoms with Crippen LogP contribution in [-0.4, -0.2) is 25.7 Å². The summed E-state index contributed by atoms with van der Waals surface area (Å²) in [5.74, 6) is -0.348. The van der Waals surface area contributed by atoms with Crippen molar-refractivity contribution in [1.29, 1.82) is 0 Å². The van der Waals surface area contributed by atoms with Crippen LogP contribution >= 0.6 is 27.3 Å². The monoisotopic (exact) mass is 337 g/mol. The summed E-state index contributed by atoms with van der Waals surface area (Å²) in [6, 6.07) is 7.66. The lowest BCUT2D eigenvalue weighted by Crippen LogP contribution is -1.98. The van der Waals surface area contributed by atoms with Gasteiger partial charge < -0.3 is 5.11 Å². The number of hydrogen-bond acceptors (Lipinski definition) is 4. The maximum Gasteiger partial charge on any atom is 0.347 e. The minimum absolute atomic E-state index is 0.275. The molecule has 5 nitrogen and oxygen atoms in total. The van der Waals surface area contributed by atoms with Gasteiger partial charge in [-0.3, -0.25) is 0 Å². The van der Waals surface area contributed by atoms with Crippen LogP contribution in [0.2, 0.25) is 0 Å². The third-order valence-corrected chi connectivity index (χ3v) is 4.36. The summed E-state index contributed by atoms with van der Waals surface area (Å²) in [5, 5.41) is 13.4. The zero-order valence-corrected chi connectivity index (χ0v) is 12.2. The Morgan fingerprint density at radius 1 is 1.37 bits per heavy atom. The van der Waals surface area contributed by atoms with Crippen LogP contribution in [0.15, 0.2) is 28.7 Å². The molecular formula is C12H8BrN3O2S. The summed E-state index contributed by atoms with van der Waals surface area (Å²) >= 11 is 4.50. The molecule has 0 fully saturated rings. The van der Waals surface area contributed by atoms with Crippen molar-refractivity contribution in [2.75, 3.05) is 0 Å². The van der Waals surface area contributed by atoms with Crippen molar-refractivity contribution in [1.82, 2.24) is 14.6 Å². The topological polar surface area (TPSA) is 67.5 Å². The van der Waals surface area contributed by atoms with Crippen molar-refractivity contribution in [3.05, 3.63) is 39.3 Å². The van der Waals surface area contributed by atoms with E-state index in [-0.39, 0.29) is 4.88 Å². The van der Waals surface area contributed by atoms with E-state index in [1.54, 1.807) is 11.4 Å². The van der Waals surface area contributed by atoms with Crippen molar-refractivity contribution in [2.45, 2.75) is 6.92 Å².